The van der Waals surface area contributed by atoms with Gasteiger partial charge in [0.1, 0.15) is 6.04 Å². The number of fused-ring (bicyclic) bond motifs is 1. The van der Waals surface area contributed by atoms with Crippen molar-refractivity contribution in [2.24, 2.45) is 0 Å². The molecule has 10 heteroatoms. The average Bonchev–Trinajstić information content (AvgIpc) is 3.13. The van der Waals surface area contributed by atoms with E-state index < -0.39 is 15.9 Å². The zero-order valence-corrected chi connectivity index (χ0v) is 19.6. The number of amides is 1. The molecular formula is C21H25N3O5S2. The summed E-state index contributed by atoms with van der Waals surface area (Å²) in [6, 6.07) is 9.37. The molecule has 1 heterocycles. The van der Waals surface area contributed by atoms with Gasteiger partial charge in [0.15, 0.2) is 26.5 Å². The molecule has 0 radical (unpaired) electrons. The van der Waals surface area contributed by atoms with E-state index in [1.165, 1.54) is 23.5 Å². The second-order valence-electron chi connectivity index (χ2n) is 7.02. The van der Waals surface area contributed by atoms with Crippen LogP contribution in [0.2, 0.25) is 0 Å². The smallest absolute Gasteiger partial charge is 0.248 e. The first kappa shape index (κ1) is 23.0. The van der Waals surface area contributed by atoms with Gasteiger partial charge >= 0.3 is 0 Å². The first-order valence-electron chi connectivity index (χ1n) is 9.52. The van der Waals surface area contributed by atoms with E-state index in [2.05, 4.69) is 10.3 Å². The normalized spacial score (nSPS) is 12.7. The molecule has 0 aliphatic carbocycles. The molecule has 3 rings (SSSR count). The average molecular weight is 464 g/mol. The number of hydrogen-bond donors (Lipinski definition) is 1. The monoisotopic (exact) mass is 463 g/mol. The van der Waals surface area contributed by atoms with Crippen LogP contribution in [0.15, 0.2) is 41.3 Å². The number of carbonyl (C=O) groups excluding carboxylic acids is 1. The van der Waals surface area contributed by atoms with E-state index in [1.54, 1.807) is 58.3 Å². The Hall–Kier alpha value is -2.69. The molecule has 8 nitrogen and oxygen atoms in total. The van der Waals surface area contributed by atoms with E-state index in [0.29, 0.717) is 27.7 Å². The highest BCUT2D eigenvalue weighted by Gasteiger charge is 2.25. The van der Waals surface area contributed by atoms with Crippen LogP contribution in [-0.2, 0) is 14.6 Å². The molecule has 0 bridgehead atoms. The van der Waals surface area contributed by atoms with Crippen molar-refractivity contribution in [3.05, 3.63) is 42.0 Å². The molecule has 1 aromatic heterocycles. The second-order valence-corrected chi connectivity index (χ2v) is 10.3. The van der Waals surface area contributed by atoms with Crippen LogP contribution in [-0.4, -0.2) is 58.3 Å². The van der Waals surface area contributed by atoms with Gasteiger partial charge in [-0.25, -0.2) is 13.4 Å². The topological polar surface area (TPSA) is 97.8 Å². The van der Waals surface area contributed by atoms with E-state index in [-0.39, 0.29) is 16.6 Å². The van der Waals surface area contributed by atoms with E-state index in [1.807, 2.05) is 6.07 Å². The molecule has 1 amide bonds. The van der Waals surface area contributed by atoms with Crippen molar-refractivity contribution < 1.29 is 22.7 Å². The number of nitrogens with zero attached hydrogens (tertiary/aromatic N) is 2. The van der Waals surface area contributed by atoms with Gasteiger partial charge in [0.05, 0.1) is 35.1 Å². The summed E-state index contributed by atoms with van der Waals surface area (Å²) in [6.45, 7) is 1.60. The lowest BCUT2D eigenvalue weighted by Crippen LogP contribution is -2.32. The van der Waals surface area contributed by atoms with Gasteiger partial charge in [0.25, 0.3) is 0 Å². The zero-order valence-electron chi connectivity index (χ0n) is 18.0. The van der Waals surface area contributed by atoms with E-state index in [4.69, 9.17) is 9.47 Å². The van der Waals surface area contributed by atoms with E-state index in [0.717, 1.165) is 4.70 Å². The first-order chi connectivity index (χ1) is 14.7. The molecule has 0 aliphatic rings. The first-order valence-corrected chi connectivity index (χ1v) is 12.0. The summed E-state index contributed by atoms with van der Waals surface area (Å²) in [4.78, 5) is 19.5. The van der Waals surface area contributed by atoms with Crippen LogP contribution < -0.4 is 14.8 Å². The maximum atomic E-state index is 13.1. The largest absolute Gasteiger partial charge is 0.493 e. The van der Waals surface area contributed by atoms with E-state index in [9.17, 15) is 13.2 Å². The minimum absolute atomic E-state index is 0.0249. The summed E-state index contributed by atoms with van der Waals surface area (Å²) in [7, 11) is 3.39. The molecule has 1 unspecified atom stereocenters. The van der Waals surface area contributed by atoms with Gasteiger partial charge in [0.2, 0.25) is 5.91 Å². The predicted octanol–water partition coefficient (Wildman–Crippen LogP) is 3.35. The third-order valence-electron chi connectivity index (χ3n) is 4.82. The van der Waals surface area contributed by atoms with Gasteiger partial charge in [-0.15, -0.1) is 0 Å². The van der Waals surface area contributed by atoms with Gasteiger partial charge in [-0.1, -0.05) is 30.4 Å². The van der Waals surface area contributed by atoms with Gasteiger partial charge in [-0.3, -0.25) is 9.69 Å². The van der Waals surface area contributed by atoms with Crippen LogP contribution in [0.5, 0.6) is 11.5 Å². The summed E-state index contributed by atoms with van der Waals surface area (Å²) in [5, 5.41) is 3.32. The third-order valence-corrected chi connectivity index (χ3v) is 7.51. The van der Waals surface area contributed by atoms with Crippen molar-refractivity contribution in [1.29, 1.82) is 0 Å². The Labute approximate surface area is 185 Å². The number of benzene rings is 2. The number of carbonyl (C=O) groups is 1. The molecule has 166 valence electrons. The zero-order chi connectivity index (χ0) is 22.8. The van der Waals surface area contributed by atoms with Crippen LogP contribution in [0.3, 0.4) is 0 Å². The third kappa shape index (κ3) is 4.81. The maximum absolute atomic E-state index is 13.1. The van der Waals surface area contributed by atoms with Gasteiger partial charge in [-0.05, 0) is 31.8 Å². The number of sulfone groups is 1. The fourth-order valence-electron chi connectivity index (χ4n) is 3.19. The van der Waals surface area contributed by atoms with Crippen LogP contribution in [0.25, 0.3) is 10.2 Å². The number of nitrogens with one attached hydrogen (secondary N) is 1. The number of methoxy groups -OCH3 is 2. The van der Waals surface area contributed by atoms with Crippen molar-refractivity contribution in [2.75, 3.05) is 39.4 Å². The minimum Gasteiger partial charge on any atom is -0.493 e. The molecule has 0 fully saturated rings. The number of hydrogen-bond acceptors (Lipinski definition) is 8. The van der Waals surface area contributed by atoms with Gasteiger partial charge in [-0.2, -0.15) is 0 Å². The Morgan fingerprint density at radius 3 is 2.29 bits per heavy atom. The van der Waals surface area contributed by atoms with E-state index >= 15 is 0 Å². The summed E-state index contributed by atoms with van der Waals surface area (Å²) < 4.78 is 35.6. The quantitative estimate of drug-likeness (QED) is 0.547. The van der Waals surface area contributed by atoms with Gasteiger partial charge < -0.3 is 14.8 Å². The highest BCUT2D eigenvalue weighted by Crippen LogP contribution is 2.36. The Kier molecular flexibility index (Phi) is 6.83. The highest BCUT2D eigenvalue weighted by molar-refractivity contribution is 7.91. The Bertz CT molecular complexity index is 1150. The summed E-state index contributed by atoms with van der Waals surface area (Å²) in [5.74, 6) is 0.905. The Morgan fingerprint density at radius 2 is 1.74 bits per heavy atom. The van der Waals surface area contributed by atoms with Crippen LogP contribution in [0.1, 0.15) is 18.5 Å². The summed E-state index contributed by atoms with van der Waals surface area (Å²) in [5.41, 5.74) is 1.37. The number of likely N-dealkylation sites (N-methyl/N-ethyl adjacent to an activating group) is 1. The SMILES string of the molecule is CCS(=O)(=O)c1ccc(C(C(=O)Nc2nc3cc(OC)c(OC)cc3s2)N(C)C)cc1. The molecule has 0 saturated heterocycles. The molecule has 1 atom stereocenters. The van der Waals surface area contributed by atoms with Crippen LogP contribution >= 0.6 is 11.3 Å². The van der Waals surface area contributed by atoms with Crippen molar-refractivity contribution in [3.8, 4) is 11.5 Å². The molecule has 0 aliphatic heterocycles. The lowest BCUT2D eigenvalue weighted by molar-refractivity contribution is -0.120. The van der Waals surface area contributed by atoms with Gasteiger partial charge in [0, 0.05) is 12.1 Å². The second kappa shape index (κ2) is 9.21. The maximum Gasteiger partial charge on any atom is 0.248 e. The number of thiazole rings is 1. The fraction of sp³-hybridized carbons (Fsp3) is 0.333. The Balaban J connectivity index is 1.87. The van der Waals surface area contributed by atoms with Crippen molar-refractivity contribution >= 4 is 42.4 Å². The molecular weight excluding hydrogens is 438 g/mol. The molecule has 31 heavy (non-hydrogen) atoms. The Morgan fingerprint density at radius 1 is 1.13 bits per heavy atom. The standard InChI is InChI=1S/C21H25N3O5S2/c1-6-31(26,27)14-9-7-13(8-10-14)19(24(2)3)20(25)23-21-22-15-11-16(28-4)17(29-5)12-18(15)30-21/h7-12,19H,6H2,1-5H3,(H,22,23,25). The summed E-state index contributed by atoms with van der Waals surface area (Å²) >= 11 is 1.33. The van der Waals surface area contributed by atoms with Crippen molar-refractivity contribution in [3.63, 3.8) is 0 Å². The van der Waals surface area contributed by atoms with Crippen molar-refractivity contribution in [1.82, 2.24) is 9.88 Å². The highest BCUT2D eigenvalue weighted by atomic mass is 32.2. The number of anilines is 1. The lowest BCUT2D eigenvalue weighted by atomic mass is 10.1. The van der Waals surface area contributed by atoms with Crippen LogP contribution in [0.4, 0.5) is 5.13 Å². The summed E-state index contributed by atoms with van der Waals surface area (Å²) in [6.07, 6.45) is 0. The fourth-order valence-corrected chi connectivity index (χ4v) is 4.95. The van der Waals surface area contributed by atoms with Crippen LogP contribution in [0, 0.1) is 0 Å². The molecule has 0 spiro atoms. The minimum atomic E-state index is -3.30. The molecule has 1 N–H and O–H groups in total. The molecule has 3 aromatic rings. The number of ether oxygens (including phenoxy) is 2. The molecule has 2 aromatic carbocycles. The number of rotatable bonds is 8. The van der Waals surface area contributed by atoms with Crippen molar-refractivity contribution in [2.45, 2.75) is 17.9 Å². The lowest BCUT2D eigenvalue weighted by Gasteiger charge is -2.23. The molecule has 0 saturated carbocycles. The number of aromatic nitrogens is 1. The predicted molar refractivity (Wildman–Crippen MR) is 122 cm³/mol.